The Kier molecular flexibility index (Phi) is 8.00. The van der Waals surface area contributed by atoms with Gasteiger partial charge in [0, 0.05) is 52.1 Å². The fraction of sp³-hybridized carbons (Fsp3) is 0.480. The Morgan fingerprint density at radius 3 is 2.78 bits per heavy atom. The second kappa shape index (κ2) is 11.2. The number of Topliss-reactive ketones (excluding diaryl/α,β-unsaturated/α-hetero) is 1. The molecule has 1 N–H and O–H groups in total. The summed E-state index contributed by atoms with van der Waals surface area (Å²) in [7, 11) is 1.57. The number of halogens is 2. The molecule has 0 spiro atoms. The van der Waals surface area contributed by atoms with E-state index in [0.29, 0.717) is 32.7 Å². The highest BCUT2D eigenvalue weighted by molar-refractivity contribution is 6.00. The number of benzene rings is 1. The van der Waals surface area contributed by atoms with Gasteiger partial charge in [-0.1, -0.05) is 6.07 Å². The van der Waals surface area contributed by atoms with Gasteiger partial charge in [0.25, 0.3) is 5.91 Å². The van der Waals surface area contributed by atoms with Gasteiger partial charge in [0.2, 0.25) is 5.43 Å². The maximum absolute atomic E-state index is 14.0. The van der Waals surface area contributed by atoms with Gasteiger partial charge in [-0.05, 0) is 37.3 Å². The van der Waals surface area contributed by atoms with Gasteiger partial charge in [-0.15, -0.1) is 0 Å². The second-order valence-corrected chi connectivity index (χ2v) is 8.95. The highest BCUT2D eigenvalue weighted by Crippen LogP contribution is 2.24. The Hall–Kier alpha value is -3.31. The van der Waals surface area contributed by atoms with Crippen molar-refractivity contribution in [3.05, 3.63) is 63.1 Å². The first-order valence-electron chi connectivity index (χ1n) is 11.9. The largest absolute Gasteiger partial charge is 0.502 e. The molecule has 2 aliphatic rings. The van der Waals surface area contributed by atoms with Crippen LogP contribution in [0.4, 0.5) is 8.78 Å². The smallest absolute Gasteiger partial charge is 0.277 e. The van der Waals surface area contributed by atoms with Crippen LogP contribution in [-0.4, -0.2) is 72.6 Å². The zero-order chi connectivity index (χ0) is 25.8. The Labute approximate surface area is 206 Å². The van der Waals surface area contributed by atoms with Crippen LogP contribution in [0.5, 0.6) is 5.75 Å². The van der Waals surface area contributed by atoms with Crippen LogP contribution >= 0.6 is 0 Å². The van der Waals surface area contributed by atoms with E-state index < -0.39 is 34.5 Å². The molecule has 0 unspecified atom stereocenters. The Bertz CT molecular complexity index is 1200. The molecular formula is C25H29F2N3O6. The summed E-state index contributed by atoms with van der Waals surface area (Å²) in [6.07, 6.45) is 3.15. The van der Waals surface area contributed by atoms with Gasteiger partial charge in [-0.2, -0.15) is 0 Å². The number of carbonyl (C=O) groups is 2. The van der Waals surface area contributed by atoms with E-state index in [1.165, 1.54) is 21.8 Å². The molecule has 0 bridgehead atoms. The first-order valence-corrected chi connectivity index (χ1v) is 11.9. The molecule has 36 heavy (non-hydrogen) atoms. The second-order valence-electron chi connectivity index (χ2n) is 8.95. The standard InChI is InChI=1S/C25H29F2N3O6/c1-35-10-3-9-29-15-28(13-18-4-2-11-36-18)25(34)22-24(33)23(32)19(14-30(22)29)21(31)8-6-16-5-7-17(26)12-20(16)27/h5,7,12,14,18,33H,2-4,6,8-11,13,15H2,1H3/t18-/m0/s1. The predicted molar refractivity (Wildman–Crippen MR) is 126 cm³/mol. The summed E-state index contributed by atoms with van der Waals surface area (Å²) >= 11 is 0. The lowest BCUT2D eigenvalue weighted by molar-refractivity contribution is 0.0455. The lowest BCUT2D eigenvalue weighted by atomic mass is 10.0. The highest BCUT2D eigenvalue weighted by atomic mass is 19.1. The lowest BCUT2D eigenvalue weighted by Crippen LogP contribution is -2.56. The minimum absolute atomic E-state index is 0.0570. The van der Waals surface area contributed by atoms with Crippen LogP contribution in [0.15, 0.2) is 29.2 Å². The summed E-state index contributed by atoms with van der Waals surface area (Å²) in [6.45, 7) is 1.99. The molecular weight excluding hydrogens is 476 g/mol. The van der Waals surface area contributed by atoms with Crippen LogP contribution in [0.1, 0.15) is 52.1 Å². The monoisotopic (exact) mass is 505 g/mol. The fourth-order valence-electron chi connectivity index (χ4n) is 4.54. The lowest BCUT2D eigenvalue weighted by Gasteiger charge is -2.40. The molecule has 1 amide bonds. The molecule has 0 radical (unpaired) electrons. The van der Waals surface area contributed by atoms with E-state index in [0.717, 1.165) is 25.0 Å². The number of carbonyl (C=O) groups excluding carboxylic acids is 2. The van der Waals surface area contributed by atoms with Gasteiger partial charge in [0.15, 0.2) is 17.2 Å². The molecule has 194 valence electrons. The van der Waals surface area contributed by atoms with Gasteiger partial charge in [0.05, 0.1) is 11.7 Å². The first-order chi connectivity index (χ1) is 17.3. The fourth-order valence-corrected chi connectivity index (χ4v) is 4.54. The molecule has 0 saturated carbocycles. The van der Waals surface area contributed by atoms with E-state index in [4.69, 9.17) is 9.47 Å². The SMILES string of the molecule is COCCCN1CN(C[C@@H]2CCCO2)C(=O)c2c(O)c(=O)c(C(=O)CCc3ccc(F)cc3F)cn21. The Morgan fingerprint density at radius 1 is 1.28 bits per heavy atom. The summed E-state index contributed by atoms with van der Waals surface area (Å²) < 4.78 is 39.3. The number of hydrogen-bond donors (Lipinski definition) is 1. The summed E-state index contributed by atoms with van der Waals surface area (Å²) in [5.41, 5.74) is -1.36. The van der Waals surface area contributed by atoms with Gasteiger partial charge in [-0.25, -0.2) is 8.78 Å². The van der Waals surface area contributed by atoms with Crippen molar-refractivity contribution in [2.75, 3.05) is 45.1 Å². The number of nitrogens with zero attached hydrogens (tertiary/aromatic N) is 3. The zero-order valence-corrected chi connectivity index (χ0v) is 20.0. The number of aromatic hydroxyl groups is 1. The molecule has 0 aliphatic carbocycles. The first kappa shape index (κ1) is 25.8. The van der Waals surface area contributed by atoms with Crippen LogP contribution in [0.3, 0.4) is 0 Å². The third-order valence-corrected chi connectivity index (χ3v) is 6.44. The number of methoxy groups -OCH3 is 1. The summed E-state index contributed by atoms with van der Waals surface area (Å²) in [6, 6.07) is 3.06. The van der Waals surface area contributed by atoms with Gasteiger partial charge in [-0.3, -0.25) is 24.1 Å². The van der Waals surface area contributed by atoms with Crippen LogP contribution in [0.25, 0.3) is 0 Å². The molecule has 1 fully saturated rings. The Balaban J connectivity index is 1.62. The van der Waals surface area contributed by atoms with E-state index in [-0.39, 0.29) is 42.4 Å². The van der Waals surface area contributed by atoms with Crippen LogP contribution in [-0.2, 0) is 15.9 Å². The maximum Gasteiger partial charge on any atom is 0.277 e. The van der Waals surface area contributed by atoms with Crippen molar-refractivity contribution in [2.45, 2.75) is 38.2 Å². The quantitative estimate of drug-likeness (QED) is 0.390. The van der Waals surface area contributed by atoms with Gasteiger partial charge >= 0.3 is 0 Å². The molecule has 1 atom stereocenters. The van der Waals surface area contributed by atoms with Crippen molar-refractivity contribution >= 4 is 11.7 Å². The summed E-state index contributed by atoms with van der Waals surface area (Å²) in [5.74, 6) is -3.48. The third kappa shape index (κ3) is 5.41. The summed E-state index contributed by atoms with van der Waals surface area (Å²) in [4.78, 5) is 40.6. The molecule has 4 rings (SSSR count). The zero-order valence-electron chi connectivity index (χ0n) is 20.0. The van der Waals surface area contributed by atoms with Crippen molar-refractivity contribution in [1.82, 2.24) is 9.58 Å². The average molecular weight is 506 g/mol. The number of amides is 1. The number of fused-ring (bicyclic) bond motifs is 1. The van der Waals surface area contributed by atoms with Crippen LogP contribution in [0, 0.1) is 11.6 Å². The molecule has 1 aromatic carbocycles. The molecule has 2 aliphatic heterocycles. The van der Waals surface area contributed by atoms with E-state index in [2.05, 4.69) is 0 Å². The number of rotatable bonds is 10. The topological polar surface area (TPSA) is 101 Å². The number of aromatic nitrogens is 1. The highest BCUT2D eigenvalue weighted by Gasteiger charge is 2.35. The number of ketones is 1. The van der Waals surface area contributed by atoms with E-state index in [1.54, 1.807) is 12.1 Å². The normalized spacial score (nSPS) is 17.5. The van der Waals surface area contributed by atoms with Crippen molar-refractivity contribution in [2.24, 2.45) is 0 Å². The maximum atomic E-state index is 14.0. The molecule has 2 aromatic rings. The minimum atomic E-state index is -0.963. The Morgan fingerprint density at radius 2 is 2.08 bits per heavy atom. The average Bonchev–Trinajstić information content (AvgIpc) is 3.36. The summed E-state index contributed by atoms with van der Waals surface area (Å²) in [5, 5.41) is 12.5. The van der Waals surface area contributed by atoms with Gasteiger partial charge in [0.1, 0.15) is 18.3 Å². The van der Waals surface area contributed by atoms with Crippen molar-refractivity contribution in [1.29, 1.82) is 0 Å². The minimum Gasteiger partial charge on any atom is -0.502 e. The van der Waals surface area contributed by atoms with E-state index in [1.807, 2.05) is 0 Å². The van der Waals surface area contributed by atoms with Crippen LogP contribution in [0.2, 0.25) is 0 Å². The number of pyridine rings is 1. The number of aryl methyl sites for hydroxylation is 1. The van der Waals surface area contributed by atoms with Crippen molar-refractivity contribution in [3.8, 4) is 5.75 Å². The van der Waals surface area contributed by atoms with Crippen molar-refractivity contribution in [3.63, 3.8) is 0 Å². The molecule has 9 nitrogen and oxygen atoms in total. The third-order valence-electron chi connectivity index (χ3n) is 6.44. The van der Waals surface area contributed by atoms with Gasteiger partial charge < -0.3 is 19.5 Å². The number of hydrogen-bond acceptors (Lipinski definition) is 7. The molecule has 1 aromatic heterocycles. The molecule has 1 saturated heterocycles. The number of ether oxygens (including phenoxy) is 2. The molecule has 3 heterocycles. The molecule has 11 heteroatoms. The predicted octanol–water partition coefficient (Wildman–Crippen LogP) is 2.21. The van der Waals surface area contributed by atoms with E-state index in [9.17, 15) is 28.3 Å². The van der Waals surface area contributed by atoms with Crippen LogP contribution < -0.4 is 10.4 Å². The van der Waals surface area contributed by atoms with Crippen molar-refractivity contribution < 1.29 is 33.0 Å². The van der Waals surface area contributed by atoms with E-state index >= 15 is 0 Å².